The lowest BCUT2D eigenvalue weighted by atomic mass is 10.3. The molecule has 9 heteroatoms. The summed E-state index contributed by atoms with van der Waals surface area (Å²) in [6, 6.07) is 1.31. The van der Waals surface area contributed by atoms with Crippen molar-refractivity contribution in [2.75, 3.05) is 13.2 Å². The van der Waals surface area contributed by atoms with Crippen molar-refractivity contribution < 1.29 is 32.2 Å². The van der Waals surface area contributed by atoms with Crippen molar-refractivity contribution in [3.63, 3.8) is 0 Å². The molecule has 1 rings (SSSR count). The molecule has 0 atom stereocenters. The summed E-state index contributed by atoms with van der Waals surface area (Å²) in [6.45, 7) is 0.258. The molecule has 0 aliphatic carbocycles. The molecular weight excluding hydrogens is 295 g/mol. The molecule has 1 aromatic heterocycles. The number of aromatic nitrogens is 1. The van der Waals surface area contributed by atoms with Crippen molar-refractivity contribution in [3.05, 3.63) is 34.2 Å². The highest BCUT2D eigenvalue weighted by Gasteiger charge is 2.31. The molecule has 0 N–H and O–H groups in total. The van der Waals surface area contributed by atoms with Crippen LogP contribution in [-0.2, 0) is 31.8 Å². The molecule has 0 saturated heterocycles. The first-order valence-electron chi connectivity index (χ1n) is 5.83. The Bertz CT molecular complexity index is 579. The minimum atomic E-state index is -4.63. The van der Waals surface area contributed by atoms with Gasteiger partial charge >= 0.3 is 18.1 Å². The number of hydrogen-bond acceptors (Lipinski definition) is 5. The number of esters is 2. The summed E-state index contributed by atoms with van der Waals surface area (Å²) in [4.78, 5) is 33.7. The first-order chi connectivity index (χ1) is 9.74. The Labute approximate surface area is 117 Å². The van der Waals surface area contributed by atoms with Crippen molar-refractivity contribution in [2.24, 2.45) is 0 Å². The smallest absolute Gasteiger partial charge is 0.417 e. The van der Waals surface area contributed by atoms with Gasteiger partial charge in [-0.2, -0.15) is 13.2 Å². The van der Waals surface area contributed by atoms with Gasteiger partial charge in [-0.1, -0.05) is 0 Å². The predicted octanol–water partition coefficient (Wildman–Crippen LogP) is 0.973. The van der Waals surface area contributed by atoms with E-state index in [1.807, 2.05) is 0 Å². The monoisotopic (exact) mass is 307 g/mol. The van der Waals surface area contributed by atoms with E-state index >= 15 is 0 Å². The lowest BCUT2D eigenvalue weighted by Gasteiger charge is -2.10. The minimum Gasteiger partial charge on any atom is -0.463 e. The van der Waals surface area contributed by atoms with E-state index in [0.717, 1.165) is 0 Å². The molecule has 1 heterocycles. The van der Waals surface area contributed by atoms with Crippen LogP contribution in [0.1, 0.15) is 12.5 Å². The third kappa shape index (κ3) is 5.28. The van der Waals surface area contributed by atoms with Gasteiger partial charge in [0.05, 0.1) is 12.2 Å². The molecule has 0 radical (unpaired) electrons. The Morgan fingerprint density at radius 3 is 2.43 bits per heavy atom. The number of carbonyl (C=O) groups excluding carboxylic acids is 2. The van der Waals surface area contributed by atoms with E-state index in [-0.39, 0.29) is 6.61 Å². The Morgan fingerprint density at radius 2 is 1.86 bits per heavy atom. The van der Waals surface area contributed by atoms with Gasteiger partial charge in [-0.3, -0.25) is 9.59 Å². The molecule has 0 unspecified atom stereocenters. The highest BCUT2D eigenvalue weighted by Crippen LogP contribution is 2.27. The maximum absolute atomic E-state index is 12.5. The summed E-state index contributed by atoms with van der Waals surface area (Å²) < 4.78 is 47.0. The topological polar surface area (TPSA) is 74.6 Å². The normalized spacial score (nSPS) is 11.0. The molecule has 0 fully saturated rings. The third-order valence-corrected chi connectivity index (χ3v) is 2.27. The van der Waals surface area contributed by atoms with Crippen LogP contribution in [-0.4, -0.2) is 29.7 Å². The van der Waals surface area contributed by atoms with Gasteiger partial charge in [0.15, 0.2) is 6.61 Å². The highest BCUT2D eigenvalue weighted by atomic mass is 19.4. The van der Waals surface area contributed by atoms with E-state index in [1.165, 1.54) is 0 Å². The molecule has 0 aliphatic heterocycles. The first kappa shape index (κ1) is 16.7. The molecule has 0 spiro atoms. The number of nitrogens with zero attached hydrogens (tertiary/aromatic N) is 1. The van der Waals surface area contributed by atoms with E-state index in [1.54, 1.807) is 6.92 Å². The van der Waals surface area contributed by atoms with Crippen LogP contribution in [0.4, 0.5) is 13.2 Å². The number of alkyl halides is 3. The predicted molar refractivity (Wildman–Crippen MR) is 63.3 cm³/mol. The van der Waals surface area contributed by atoms with Crippen molar-refractivity contribution >= 4 is 11.9 Å². The van der Waals surface area contributed by atoms with Crippen LogP contribution in [0.15, 0.2) is 23.1 Å². The number of halogens is 3. The van der Waals surface area contributed by atoms with E-state index in [4.69, 9.17) is 0 Å². The first-order valence-corrected chi connectivity index (χ1v) is 5.83. The van der Waals surface area contributed by atoms with Gasteiger partial charge in [-0.05, 0) is 13.0 Å². The van der Waals surface area contributed by atoms with Crippen LogP contribution in [0.25, 0.3) is 0 Å². The molecule has 1 aromatic rings. The maximum Gasteiger partial charge on any atom is 0.417 e. The number of hydrogen-bond donors (Lipinski definition) is 0. The van der Waals surface area contributed by atoms with Gasteiger partial charge < -0.3 is 14.0 Å². The van der Waals surface area contributed by atoms with E-state index < -0.39 is 42.4 Å². The molecule has 0 aromatic carbocycles. The summed E-state index contributed by atoms with van der Waals surface area (Å²) in [7, 11) is 0. The highest BCUT2D eigenvalue weighted by molar-refractivity contribution is 5.76. The largest absolute Gasteiger partial charge is 0.463 e. The number of carbonyl (C=O) groups is 2. The fourth-order valence-electron chi connectivity index (χ4n) is 1.35. The van der Waals surface area contributed by atoms with Crippen LogP contribution >= 0.6 is 0 Å². The lowest BCUT2D eigenvalue weighted by molar-refractivity contribution is -0.158. The fraction of sp³-hybridized carbons (Fsp3) is 0.417. The van der Waals surface area contributed by atoms with Crippen LogP contribution in [0.2, 0.25) is 0 Å². The Hall–Kier alpha value is -2.32. The zero-order valence-corrected chi connectivity index (χ0v) is 11.0. The van der Waals surface area contributed by atoms with Crippen LogP contribution in [0.5, 0.6) is 0 Å². The second-order valence-electron chi connectivity index (χ2n) is 3.85. The molecule has 21 heavy (non-hydrogen) atoms. The van der Waals surface area contributed by atoms with Gasteiger partial charge in [0.2, 0.25) is 0 Å². The SMILES string of the molecule is CCOC(=O)COC(=O)Cn1cc(C(F)(F)F)ccc1=O. The molecular formula is C12H12F3NO5. The van der Waals surface area contributed by atoms with E-state index in [0.29, 0.717) is 22.9 Å². The summed E-state index contributed by atoms with van der Waals surface area (Å²) in [6.07, 6.45) is -4.13. The van der Waals surface area contributed by atoms with Gasteiger partial charge in [-0.25, -0.2) is 4.79 Å². The van der Waals surface area contributed by atoms with Gasteiger partial charge in [0, 0.05) is 12.3 Å². The quantitative estimate of drug-likeness (QED) is 0.758. The molecule has 0 aliphatic rings. The third-order valence-electron chi connectivity index (χ3n) is 2.27. The maximum atomic E-state index is 12.5. The number of rotatable bonds is 5. The molecule has 0 amide bonds. The fourth-order valence-corrected chi connectivity index (χ4v) is 1.35. The van der Waals surface area contributed by atoms with Gasteiger partial charge in [-0.15, -0.1) is 0 Å². The van der Waals surface area contributed by atoms with E-state index in [9.17, 15) is 27.6 Å². The van der Waals surface area contributed by atoms with Gasteiger partial charge in [0.25, 0.3) is 5.56 Å². The summed E-state index contributed by atoms with van der Waals surface area (Å²) in [5.74, 6) is -1.81. The summed E-state index contributed by atoms with van der Waals surface area (Å²) >= 11 is 0. The molecule has 116 valence electrons. The summed E-state index contributed by atoms with van der Waals surface area (Å²) in [5, 5.41) is 0. The Morgan fingerprint density at radius 1 is 1.19 bits per heavy atom. The van der Waals surface area contributed by atoms with Crippen molar-refractivity contribution in [3.8, 4) is 0 Å². The van der Waals surface area contributed by atoms with Crippen LogP contribution < -0.4 is 5.56 Å². The summed E-state index contributed by atoms with van der Waals surface area (Å²) in [5.41, 5.74) is -1.86. The molecule has 0 bridgehead atoms. The second kappa shape index (κ2) is 6.91. The zero-order valence-electron chi connectivity index (χ0n) is 11.0. The van der Waals surface area contributed by atoms with Crippen LogP contribution in [0.3, 0.4) is 0 Å². The van der Waals surface area contributed by atoms with E-state index in [2.05, 4.69) is 9.47 Å². The van der Waals surface area contributed by atoms with Gasteiger partial charge in [0.1, 0.15) is 6.54 Å². The average Bonchev–Trinajstić information content (AvgIpc) is 2.38. The number of ether oxygens (including phenoxy) is 2. The standard InChI is InChI=1S/C12H12F3NO5/c1-2-20-11(19)7-21-10(18)6-16-5-8(12(13,14)15)3-4-9(16)17/h3-5H,2,6-7H2,1H3. The average molecular weight is 307 g/mol. The zero-order chi connectivity index (χ0) is 16.0. The Balaban J connectivity index is 2.72. The Kier molecular flexibility index (Phi) is 5.51. The minimum absolute atomic E-state index is 0.101. The van der Waals surface area contributed by atoms with Crippen molar-refractivity contribution in [1.29, 1.82) is 0 Å². The van der Waals surface area contributed by atoms with Crippen LogP contribution in [0, 0.1) is 0 Å². The number of pyridine rings is 1. The van der Waals surface area contributed by atoms with Crippen molar-refractivity contribution in [2.45, 2.75) is 19.6 Å². The second-order valence-corrected chi connectivity index (χ2v) is 3.85. The molecule has 6 nitrogen and oxygen atoms in total. The van der Waals surface area contributed by atoms with Crippen molar-refractivity contribution in [1.82, 2.24) is 4.57 Å². The molecule has 0 saturated carbocycles. The lowest BCUT2D eigenvalue weighted by Crippen LogP contribution is -2.27.